The third-order valence-corrected chi connectivity index (χ3v) is 6.88. The molecule has 1 aliphatic carbocycles. The van der Waals surface area contributed by atoms with Crippen LogP contribution in [-0.4, -0.2) is 44.0 Å². The number of halogens is 1. The second-order valence-electron chi connectivity index (χ2n) is 8.85. The number of ether oxygens (including phenoxy) is 2. The lowest BCUT2D eigenvalue weighted by Crippen LogP contribution is -2.47. The van der Waals surface area contributed by atoms with Gasteiger partial charge < -0.3 is 19.7 Å². The molecular weight excluding hydrogens is 423 g/mol. The van der Waals surface area contributed by atoms with E-state index in [9.17, 15) is 14.0 Å². The van der Waals surface area contributed by atoms with Gasteiger partial charge in [-0.3, -0.25) is 9.59 Å². The molecular formula is C26H31FN2O4. The Kier molecular flexibility index (Phi) is 6.86. The summed E-state index contributed by atoms with van der Waals surface area (Å²) in [6.45, 7) is 0. The Morgan fingerprint density at radius 1 is 1.00 bits per heavy atom. The predicted molar refractivity (Wildman–Crippen MR) is 123 cm³/mol. The number of fused-ring (bicyclic) bond motifs is 1. The molecule has 6 nitrogen and oxygen atoms in total. The molecule has 176 valence electrons. The second-order valence-corrected chi connectivity index (χ2v) is 8.85. The summed E-state index contributed by atoms with van der Waals surface area (Å²) >= 11 is 0. The van der Waals surface area contributed by atoms with Gasteiger partial charge in [-0.1, -0.05) is 43.9 Å². The van der Waals surface area contributed by atoms with E-state index in [1.807, 2.05) is 0 Å². The van der Waals surface area contributed by atoms with Crippen molar-refractivity contribution in [3.63, 3.8) is 0 Å². The molecule has 2 atom stereocenters. The predicted octanol–water partition coefficient (Wildman–Crippen LogP) is 4.59. The van der Waals surface area contributed by atoms with Crippen LogP contribution in [-0.2, 0) is 4.79 Å². The number of carbonyl (C=O) groups excluding carboxylic acids is 2. The molecule has 1 N–H and O–H groups in total. The molecule has 2 aliphatic rings. The maximum atomic E-state index is 14.9. The molecule has 0 bridgehead atoms. The Bertz CT molecular complexity index is 1030. The summed E-state index contributed by atoms with van der Waals surface area (Å²) in [5, 5.41) is 3.22. The quantitative estimate of drug-likeness (QED) is 0.671. The van der Waals surface area contributed by atoms with Gasteiger partial charge in [0.05, 0.1) is 26.2 Å². The van der Waals surface area contributed by atoms with Crippen molar-refractivity contribution in [3.05, 3.63) is 58.9 Å². The fourth-order valence-corrected chi connectivity index (χ4v) is 5.15. The standard InChI is InChI=1S/C26H31FN2O4/c1-29-24(17-12-8-9-13-20(17)27)23(25(30)28-16-10-6-4-5-7-11-16)18-14-21(32-2)22(33-3)15-19(18)26(29)31/h8-9,12-16,23-24H,4-7,10-11H2,1-3H3,(H,28,30)/t23-,24+/m0/s1. The van der Waals surface area contributed by atoms with Crippen molar-refractivity contribution < 1.29 is 23.5 Å². The zero-order valence-corrected chi connectivity index (χ0v) is 19.4. The normalized spacial score (nSPS) is 21.2. The van der Waals surface area contributed by atoms with Gasteiger partial charge in [0.15, 0.2) is 11.5 Å². The van der Waals surface area contributed by atoms with Gasteiger partial charge >= 0.3 is 0 Å². The first-order chi connectivity index (χ1) is 16.0. The highest BCUT2D eigenvalue weighted by atomic mass is 19.1. The molecule has 33 heavy (non-hydrogen) atoms. The summed E-state index contributed by atoms with van der Waals surface area (Å²) < 4.78 is 25.8. The number of likely N-dealkylation sites (N-methyl/N-ethyl adjacent to an activating group) is 1. The van der Waals surface area contributed by atoms with E-state index in [-0.39, 0.29) is 17.9 Å². The van der Waals surface area contributed by atoms with Crippen LogP contribution in [0.4, 0.5) is 4.39 Å². The number of methoxy groups -OCH3 is 2. The first-order valence-corrected chi connectivity index (χ1v) is 11.5. The summed E-state index contributed by atoms with van der Waals surface area (Å²) in [7, 11) is 4.63. The lowest BCUT2D eigenvalue weighted by molar-refractivity contribution is -0.125. The van der Waals surface area contributed by atoms with Crippen LogP contribution in [0.25, 0.3) is 0 Å². The Morgan fingerprint density at radius 2 is 1.64 bits per heavy atom. The van der Waals surface area contributed by atoms with Crippen molar-refractivity contribution in [2.24, 2.45) is 0 Å². The second kappa shape index (κ2) is 9.81. The first kappa shape index (κ1) is 23.1. The van der Waals surface area contributed by atoms with Crippen LogP contribution in [0.3, 0.4) is 0 Å². The molecule has 7 heteroatoms. The molecule has 0 saturated heterocycles. The molecule has 0 radical (unpaired) electrons. The monoisotopic (exact) mass is 454 g/mol. The van der Waals surface area contributed by atoms with Crippen LogP contribution in [0.5, 0.6) is 11.5 Å². The topological polar surface area (TPSA) is 67.9 Å². The molecule has 0 spiro atoms. The van der Waals surface area contributed by atoms with Crippen LogP contribution < -0.4 is 14.8 Å². The Labute approximate surface area is 194 Å². The molecule has 2 amide bonds. The maximum absolute atomic E-state index is 14.9. The minimum absolute atomic E-state index is 0.0767. The Balaban J connectivity index is 1.83. The number of amides is 2. The van der Waals surface area contributed by atoms with E-state index in [0.717, 1.165) is 25.7 Å². The van der Waals surface area contributed by atoms with Gasteiger partial charge in [0, 0.05) is 24.2 Å². The average molecular weight is 455 g/mol. The highest BCUT2D eigenvalue weighted by Gasteiger charge is 2.44. The van der Waals surface area contributed by atoms with Crippen LogP contribution in [0.15, 0.2) is 36.4 Å². The molecule has 0 aromatic heterocycles. The van der Waals surface area contributed by atoms with Gasteiger partial charge in [-0.15, -0.1) is 0 Å². The molecule has 0 unspecified atom stereocenters. The minimum Gasteiger partial charge on any atom is -0.493 e. The van der Waals surface area contributed by atoms with Crippen molar-refractivity contribution >= 4 is 11.8 Å². The van der Waals surface area contributed by atoms with Gasteiger partial charge in [-0.05, 0) is 36.6 Å². The molecule has 2 aromatic rings. The van der Waals surface area contributed by atoms with E-state index in [4.69, 9.17) is 9.47 Å². The highest BCUT2D eigenvalue weighted by molar-refractivity contribution is 6.02. The molecule has 4 rings (SSSR count). The van der Waals surface area contributed by atoms with Gasteiger partial charge in [0.1, 0.15) is 5.82 Å². The number of nitrogens with zero attached hydrogens (tertiary/aromatic N) is 1. The molecule has 2 aromatic carbocycles. The minimum atomic E-state index is -0.789. The lowest BCUT2D eigenvalue weighted by atomic mass is 9.78. The van der Waals surface area contributed by atoms with Crippen molar-refractivity contribution in [3.8, 4) is 11.5 Å². The van der Waals surface area contributed by atoms with Gasteiger partial charge in [0.25, 0.3) is 5.91 Å². The van der Waals surface area contributed by atoms with Crippen LogP contribution in [0.2, 0.25) is 0 Å². The first-order valence-electron chi connectivity index (χ1n) is 11.5. The third-order valence-electron chi connectivity index (χ3n) is 6.88. The molecule has 1 saturated carbocycles. The van der Waals surface area contributed by atoms with Crippen LogP contribution >= 0.6 is 0 Å². The van der Waals surface area contributed by atoms with E-state index in [1.54, 1.807) is 37.4 Å². The molecule has 1 fully saturated rings. The summed E-state index contributed by atoms with van der Waals surface area (Å²) in [4.78, 5) is 28.6. The summed E-state index contributed by atoms with van der Waals surface area (Å²) in [5.41, 5.74) is 1.20. The lowest BCUT2D eigenvalue weighted by Gasteiger charge is -2.40. The zero-order chi connectivity index (χ0) is 23.5. The Hall–Kier alpha value is -3.09. The van der Waals surface area contributed by atoms with Crippen molar-refractivity contribution in [2.75, 3.05) is 21.3 Å². The number of benzene rings is 2. The van der Waals surface area contributed by atoms with Gasteiger partial charge in [-0.2, -0.15) is 0 Å². The fraction of sp³-hybridized carbons (Fsp3) is 0.462. The van der Waals surface area contributed by atoms with Gasteiger partial charge in [-0.25, -0.2) is 4.39 Å². The van der Waals surface area contributed by atoms with Crippen LogP contribution in [0.1, 0.15) is 72.0 Å². The summed E-state index contributed by atoms with van der Waals surface area (Å²) in [5.74, 6) is -0.903. The zero-order valence-electron chi connectivity index (χ0n) is 19.4. The molecule has 1 aliphatic heterocycles. The van der Waals surface area contributed by atoms with E-state index >= 15 is 0 Å². The fourth-order valence-electron chi connectivity index (χ4n) is 5.15. The number of nitrogens with one attached hydrogen (secondary N) is 1. The van der Waals surface area contributed by atoms with Crippen molar-refractivity contribution in [2.45, 2.75) is 56.5 Å². The Morgan fingerprint density at radius 3 is 2.27 bits per heavy atom. The van der Waals surface area contributed by atoms with E-state index in [2.05, 4.69) is 5.32 Å². The summed E-state index contributed by atoms with van der Waals surface area (Å²) in [6, 6.07) is 8.91. The highest BCUT2D eigenvalue weighted by Crippen LogP contribution is 2.46. The number of hydrogen-bond acceptors (Lipinski definition) is 4. The smallest absolute Gasteiger partial charge is 0.254 e. The van der Waals surface area contributed by atoms with Crippen molar-refractivity contribution in [1.29, 1.82) is 0 Å². The largest absolute Gasteiger partial charge is 0.493 e. The third kappa shape index (κ3) is 4.41. The van der Waals surface area contributed by atoms with E-state index < -0.39 is 17.8 Å². The maximum Gasteiger partial charge on any atom is 0.254 e. The van der Waals surface area contributed by atoms with E-state index in [1.165, 1.54) is 38.0 Å². The van der Waals surface area contributed by atoms with Gasteiger partial charge in [0.2, 0.25) is 5.91 Å². The number of hydrogen-bond donors (Lipinski definition) is 1. The average Bonchev–Trinajstić information content (AvgIpc) is 3.09. The van der Waals surface area contributed by atoms with Crippen molar-refractivity contribution in [1.82, 2.24) is 10.2 Å². The number of rotatable bonds is 5. The SMILES string of the molecule is COc1cc2c(cc1OC)[C@H](C(=O)NC1CCCCCC1)[C@@H](c1ccccc1F)N(C)C2=O. The van der Waals surface area contributed by atoms with Crippen LogP contribution in [0, 0.1) is 5.82 Å². The summed E-state index contributed by atoms with van der Waals surface area (Å²) in [6.07, 6.45) is 6.35. The van der Waals surface area contributed by atoms with E-state index in [0.29, 0.717) is 28.2 Å². The number of carbonyl (C=O) groups is 2. The molecule has 1 heterocycles.